The summed E-state index contributed by atoms with van der Waals surface area (Å²) in [5, 5.41) is 3.23. The minimum Gasteiger partial charge on any atom is -0.461 e. The number of carbonyl (C=O) groups excluding carboxylic acids is 2. The number of allylic oxidation sites excluding steroid dienone is 3. The smallest absolute Gasteiger partial charge is 0.336 e. The number of hydrogen-bond acceptors (Lipinski definition) is 5. The van der Waals surface area contributed by atoms with Gasteiger partial charge in [0.1, 0.15) is 12.4 Å². The van der Waals surface area contributed by atoms with E-state index >= 15 is 0 Å². The quantitative estimate of drug-likeness (QED) is 0.587. The highest BCUT2D eigenvalue weighted by Crippen LogP contribution is 2.42. The fourth-order valence-corrected chi connectivity index (χ4v) is 4.18. The summed E-state index contributed by atoms with van der Waals surface area (Å²) in [6.45, 7) is 4.17. The number of benzene rings is 1. The minimum absolute atomic E-state index is 0.0114. The Bertz CT molecular complexity index is 815. The molecule has 0 saturated carbocycles. The van der Waals surface area contributed by atoms with E-state index in [9.17, 15) is 14.0 Å². The fraction of sp³-hybridized carbons (Fsp3) is 0.429. The topological polar surface area (TPSA) is 55.4 Å². The van der Waals surface area contributed by atoms with Crippen molar-refractivity contribution in [2.75, 3.05) is 18.1 Å². The number of rotatable bonds is 6. The summed E-state index contributed by atoms with van der Waals surface area (Å²) in [5.41, 5.74) is 3.10. The summed E-state index contributed by atoms with van der Waals surface area (Å²) in [4.78, 5) is 25.6. The summed E-state index contributed by atoms with van der Waals surface area (Å²) in [7, 11) is 0. The van der Waals surface area contributed by atoms with Crippen LogP contribution in [0.5, 0.6) is 0 Å². The first kappa shape index (κ1) is 19.7. The maximum absolute atomic E-state index is 13.9. The molecule has 27 heavy (non-hydrogen) atoms. The Balaban J connectivity index is 1.99. The highest BCUT2D eigenvalue weighted by Gasteiger charge is 2.39. The lowest BCUT2D eigenvalue weighted by molar-refractivity contribution is -0.138. The van der Waals surface area contributed by atoms with E-state index in [1.54, 1.807) is 23.9 Å². The number of carbonyl (C=O) groups is 2. The summed E-state index contributed by atoms with van der Waals surface area (Å²) in [5.74, 6) is 0.266. The lowest BCUT2D eigenvalue weighted by Crippen LogP contribution is -2.34. The molecule has 0 fully saturated rings. The zero-order chi connectivity index (χ0) is 19.4. The van der Waals surface area contributed by atoms with Crippen LogP contribution in [0.3, 0.4) is 0 Å². The number of ketones is 1. The van der Waals surface area contributed by atoms with Crippen LogP contribution < -0.4 is 5.32 Å². The van der Waals surface area contributed by atoms with Gasteiger partial charge in [-0.3, -0.25) is 4.79 Å². The lowest BCUT2D eigenvalue weighted by atomic mass is 9.75. The predicted octanol–water partition coefficient (Wildman–Crippen LogP) is 4.09. The molecule has 6 heteroatoms. The lowest BCUT2D eigenvalue weighted by Gasteiger charge is -2.34. The van der Waals surface area contributed by atoms with Crippen LogP contribution in [0, 0.1) is 5.82 Å². The molecule has 144 valence electrons. The van der Waals surface area contributed by atoms with Crippen molar-refractivity contribution < 1.29 is 18.7 Å². The fourth-order valence-electron chi connectivity index (χ4n) is 3.69. The molecule has 0 radical (unpaired) electrons. The van der Waals surface area contributed by atoms with Gasteiger partial charge >= 0.3 is 5.97 Å². The predicted molar refractivity (Wildman–Crippen MR) is 105 cm³/mol. The van der Waals surface area contributed by atoms with Crippen LogP contribution in [0.25, 0.3) is 0 Å². The van der Waals surface area contributed by atoms with Crippen molar-refractivity contribution in [1.82, 2.24) is 5.32 Å². The first-order chi connectivity index (χ1) is 13.0. The van der Waals surface area contributed by atoms with Gasteiger partial charge in [0.05, 0.1) is 5.57 Å². The third-order valence-corrected chi connectivity index (χ3v) is 5.71. The van der Waals surface area contributed by atoms with Gasteiger partial charge in [0.2, 0.25) is 0 Å². The zero-order valence-electron chi connectivity index (χ0n) is 15.6. The van der Waals surface area contributed by atoms with Crippen LogP contribution in [0.15, 0.2) is 46.8 Å². The standard InChI is InChI=1S/C21H24FNO3S/c1-3-27-11-10-26-21(25)18-13(2)23-16-8-5-9-17(24)20(16)19(18)14-6-4-7-15(22)12-14/h4,6-7,12,19,23H,3,5,8-11H2,1-2H3/t19-/m0/s1. The van der Waals surface area contributed by atoms with Crippen LogP contribution in [0.4, 0.5) is 4.39 Å². The van der Waals surface area contributed by atoms with Gasteiger partial charge in [-0.05, 0) is 43.2 Å². The molecule has 1 aromatic rings. The zero-order valence-corrected chi connectivity index (χ0v) is 16.5. The molecule has 0 unspecified atom stereocenters. The van der Waals surface area contributed by atoms with Crippen molar-refractivity contribution in [3.8, 4) is 0 Å². The molecule has 0 amide bonds. The highest BCUT2D eigenvalue weighted by atomic mass is 32.2. The molecule has 1 N–H and O–H groups in total. The molecule has 3 rings (SSSR count). The second kappa shape index (κ2) is 8.74. The normalized spacial score (nSPS) is 19.7. The van der Waals surface area contributed by atoms with Crippen LogP contribution in [-0.2, 0) is 14.3 Å². The third kappa shape index (κ3) is 4.26. The number of ether oxygens (including phenoxy) is 1. The van der Waals surface area contributed by atoms with Crippen molar-refractivity contribution in [3.63, 3.8) is 0 Å². The summed E-state index contributed by atoms with van der Waals surface area (Å²) >= 11 is 1.69. The number of dihydropyridines is 1. The number of esters is 1. The number of thioether (sulfide) groups is 1. The van der Waals surface area contributed by atoms with Gasteiger partial charge in [0.25, 0.3) is 0 Å². The van der Waals surface area contributed by atoms with E-state index in [-0.39, 0.29) is 11.6 Å². The Morgan fingerprint density at radius 2 is 2.19 bits per heavy atom. The molecular weight excluding hydrogens is 365 g/mol. The second-order valence-electron chi connectivity index (χ2n) is 6.65. The number of halogens is 1. The molecule has 2 aliphatic rings. The Kier molecular flexibility index (Phi) is 6.37. The molecule has 0 bridgehead atoms. The first-order valence-electron chi connectivity index (χ1n) is 9.27. The molecular formula is C21H24FNO3S. The van der Waals surface area contributed by atoms with E-state index in [2.05, 4.69) is 5.32 Å². The Morgan fingerprint density at radius 3 is 2.93 bits per heavy atom. The molecule has 0 spiro atoms. The summed E-state index contributed by atoms with van der Waals surface area (Å²) < 4.78 is 19.4. The van der Waals surface area contributed by atoms with Crippen molar-refractivity contribution in [2.45, 2.75) is 39.0 Å². The molecule has 1 heterocycles. The van der Waals surface area contributed by atoms with Gasteiger partial charge in [-0.15, -0.1) is 0 Å². The SMILES string of the molecule is CCSCCOC(=O)C1=C(C)NC2=C(C(=O)CCC2)[C@H]1c1cccc(F)c1. The minimum atomic E-state index is -0.587. The third-order valence-electron chi connectivity index (χ3n) is 4.84. The van der Waals surface area contributed by atoms with Gasteiger partial charge in [-0.2, -0.15) is 11.8 Å². The molecule has 4 nitrogen and oxygen atoms in total. The number of Topliss-reactive ketones (excluding diaryl/α,β-unsaturated/α-hetero) is 1. The first-order valence-corrected chi connectivity index (χ1v) is 10.4. The largest absolute Gasteiger partial charge is 0.461 e. The van der Waals surface area contributed by atoms with Crippen LogP contribution >= 0.6 is 11.8 Å². The molecule has 1 aliphatic heterocycles. The van der Waals surface area contributed by atoms with E-state index in [1.165, 1.54) is 12.1 Å². The molecule has 0 aromatic heterocycles. The molecule has 1 atom stereocenters. The van der Waals surface area contributed by atoms with Crippen molar-refractivity contribution in [3.05, 3.63) is 58.2 Å². The number of hydrogen-bond donors (Lipinski definition) is 1. The van der Waals surface area contributed by atoms with Crippen molar-refractivity contribution in [1.29, 1.82) is 0 Å². The van der Waals surface area contributed by atoms with Crippen LogP contribution in [0.1, 0.15) is 44.6 Å². The van der Waals surface area contributed by atoms with E-state index in [0.717, 1.165) is 30.0 Å². The number of nitrogens with one attached hydrogen (secondary N) is 1. The average Bonchev–Trinajstić information content (AvgIpc) is 2.64. The molecule has 1 aromatic carbocycles. The van der Waals surface area contributed by atoms with Crippen molar-refractivity contribution >= 4 is 23.5 Å². The van der Waals surface area contributed by atoms with Gasteiger partial charge in [0.15, 0.2) is 5.78 Å². The van der Waals surface area contributed by atoms with E-state index < -0.39 is 11.9 Å². The van der Waals surface area contributed by atoms with Crippen LogP contribution in [-0.4, -0.2) is 29.9 Å². The van der Waals surface area contributed by atoms with Crippen molar-refractivity contribution in [2.24, 2.45) is 0 Å². The summed E-state index contributed by atoms with van der Waals surface area (Å²) in [6.07, 6.45) is 1.97. The second-order valence-corrected chi connectivity index (χ2v) is 8.05. The van der Waals surface area contributed by atoms with Crippen LogP contribution in [0.2, 0.25) is 0 Å². The van der Waals surface area contributed by atoms with Gasteiger partial charge < -0.3 is 10.1 Å². The highest BCUT2D eigenvalue weighted by molar-refractivity contribution is 7.99. The van der Waals surface area contributed by atoms with Gasteiger partial charge in [-0.25, -0.2) is 9.18 Å². The molecule has 1 aliphatic carbocycles. The van der Waals surface area contributed by atoms with Gasteiger partial charge in [-0.1, -0.05) is 19.1 Å². The maximum Gasteiger partial charge on any atom is 0.336 e. The monoisotopic (exact) mass is 389 g/mol. The van der Waals surface area contributed by atoms with E-state index in [0.29, 0.717) is 35.4 Å². The Labute approximate surface area is 163 Å². The maximum atomic E-state index is 13.9. The van der Waals surface area contributed by atoms with E-state index in [1.807, 2.05) is 13.8 Å². The average molecular weight is 389 g/mol. The summed E-state index contributed by atoms with van der Waals surface area (Å²) in [6, 6.07) is 6.13. The Hall–Kier alpha value is -2.08. The molecule has 0 saturated heterocycles. The Morgan fingerprint density at radius 1 is 1.37 bits per heavy atom. The van der Waals surface area contributed by atoms with Gasteiger partial charge in [0, 0.05) is 35.1 Å². The van der Waals surface area contributed by atoms with E-state index in [4.69, 9.17) is 4.74 Å².